The highest BCUT2D eigenvalue weighted by atomic mass is 16.4. The Hall–Kier alpha value is -1.50. The normalized spacial score (nSPS) is 24.5. The number of carboxylic acids is 1. The molecule has 1 rings (SSSR count). The first-order valence-corrected chi connectivity index (χ1v) is 4.10. The molecule has 2 N–H and O–H groups in total. The van der Waals surface area contributed by atoms with Crippen LogP contribution in [0.2, 0.25) is 0 Å². The van der Waals surface area contributed by atoms with Gasteiger partial charge in [-0.3, -0.25) is 9.59 Å². The fraction of sp³-hybridized carbons (Fsp3) is 0.556. The summed E-state index contributed by atoms with van der Waals surface area (Å²) < 4.78 is 0. The molecule has 0 heterocycles. The van der Waals surface area contributed by atoms with Gasteiger partial charge in [0, 0.05) is 13.0 Å². The summed E-state index contributed by atoms with van der Waals surface area (Å²) in [5, 5.41) is 11.1. The SMILES string of the molecule is C#CCCNC(=O)[C@@H]1C[C@@H]1C(=O)O. The topological polar surface area (TPSA) is 66.4 Å². The van der Waals surface area contributed by atoms with E-state index in [1.165, 1.54) is 0 Å². The Morgan fingerprint density at radius 3 is 2.69 bits per heavy atom. The molecule has 4 nitrogen and oxygen atoms in total. The van der Waals surface area contributed by atoms with Crippen molar-refractivity contribution in [1.82, 2.24) is 5.32 Å². The van der Waals surface area contributed by atoms with Gasteiger partial charge in [-0.2, -0.15) is 0 Å². The molecule has 0 radical (unpaired) electrons. The summed E-state index contributed by atoms with van der Waals surface area (Å²) in [7, 11) is 0. The van der Waals surface area contributed by atoms with E-state index >= 15 is 0 Å². The standard InChI is InChI=1S/C9H11NO3/c1-2-3-4-10-8(11)6-5-7(6)9(12)13/h1,6-7H,3-5H2,(H,10,11)(H,12,13)/t6-,7+/m1/s1. The van der Waals surface area contributed by atoms with Gasteiger partial charge < -0.3 is 10.4 Å². The van der Waals surface area contributed by atoms with Gasteiger partial charge in [-0.15, -0.1) is 12.3 Å². The molecule has 0 saturated heterocycles. The molecule has 1 amide bonds. The molecule has 13 heavy (non-hydrogen) atoms. The molecule has 0 aromatic carbocycles. The van der Waals surface area contributed by atoms with Crippen molar-refractivity contribution in [3.8, 4) is 12.3 Å². The molecule has 0 bridgehead atoms. The summed E-state index contributed by atoms with van der Waals surface area (Å²) in [6.45, 7) is 0.429. The highest BCUT2D eigenvalue weighted by molar-refractivity contribution is 5.89. The van der Waals surface area contributed by atoms with Crippen molar-refractivity contribution >= 4 is 11.9 Å². The van der Waals surface area contributed by atoms with E-state index in [0.29, 0.717) is 19.4 Å². The third-order valence-corrected chi connectivity index (χ3v) is 2.01. The minimum absolute atomic E-state index is 0.192. The van der Waals surface area contributed by atoms with Crippen LogP contribution >= 0.6 is 0 Å². The Balaban J connectivity index is 2.21. The van der Waals surface area contributed by atoms with E-state index < -0.39 is 11.9 Å². The summed E-state index contributed by atoms with van der Waals surface area (Å²) >= 11 is 0. The van der Waals surface area contributed by atoms with Crippen LogP contribution in [0.4, 0.5) is 0 Å². The molecule has 70 valence electrons. The maximum absolute atomic E-state index is 11.2. The molecular weight excluding hydrogens is 170 g/mol. The van der Waals surface area contributed by atoms with Crippen molar-refractivity contribution in [3.05, 3.63) is 0 Å². The molecule has 4 heteroatoms. The van der Waals surface area contributed by atoms with Gasteiger partial charge in [0.15, 0.2) is 0 Å². The van der Waals surface area contributed by atoms with Crippen LogP contribution in [-0.4, -0.2) is 23.5 Å². The molecule has 0 aromatic heterocycles. The van der Waals surface area contributed by atoms with Crippen molar-refractivity contribution < 1.29 is 14.7 Å². The number of hydrogen-bond acceptors (Lipinski definition) is 2. The second-order valence-corrected chi connectivity index (χ2v) is 3.03. The number of carbonyl (C=O) groups is 2. The third kappa shape index (κ3) is 2.48. The number of terminal acetylenes is 1. The van der Waals surface area contributed by atoms with Crippen molar-refractivity contribution in [2.75, 3.05) is 6.54 Å². The Labute approximate surface area is 76.3 Å². The lowest BCUT2D eigenvalue weighted by Crippen LogP contribution is -2.27. The Kier molecular flexibility index (Phi) is 2.91. The quantitative estimate of drug-likeness (QED) is 0.468. The lowest BCUT2D eigenvalue weighted by molar-refractivity contribution is -0.140. The van der Waals surface area contributed by atoms with Gasteiger partial charge in [0.05, 0.1) is 11.8 Å². The summed E-state index contributed by atoms with van der Waals surface area (Å²) in [6, 6.07) is 0. The largest absolute Gasteiger partial charge is 0.481 e. The number of rotatable bonds is 4. The van der Waals surface area contributed by atoms with Gasteiger partial charge in [-0.05, 0) is 6.42 Å². The summed E-state index contributed by atoms with van der Waals surface area (Å²) in [5.74, 6) is 0.483. The van der Waals surface area contributed by atoms with Crippen molar-refractivity contribution in [3.63, 3.8) is 0 Å². The zero-order valence-corrected chi connectivity index (χ0v) is 7.12. The van der Waals surface area contributed by atoms with Crippen molar-refractivity contribution in [1.29, 1.82) is 0 Å². The van der Waals surface area contributed by atoms with Crippen LogP contribution in [0.3, 0.4) is 0 Å². The first-order valence-electron chi connectivity index (χ1n) is 4.10. The van der Waals surface area contributed by atoms with Crippen LogP contribution in [0.1, 0.15) is 12.8 Å². The molecule has 1 aliphatic carbocycles. The molecule has 2 atom stereocenters. The first kappa shape index (κ1) is 9.59. The molecule has 1 fully saturated rings. The fourth-order valence-corrected chi connectivity index (χ4v) is 1.15. The number of carboxylic acid groups (broad SMARTS) is 1. The van der Waals surface area contributed by atoms with Gasteiger partial charge in [0.25, 0.3) is 0 Å². The van der Waals surface area contributed by atoms with E-state index in [1.54, 1.807) is 0 Å². The van der Waals surface area contributed by atoms with Crippen LogP contribution in [0.5, 0.6) is 0 Å². The molecule has 0 spiro atoms. The molecule has 1 aliphatic rings. The Morgan fingerprint density at radius 2 is 2.23 bits per heavy atom. The fourth-order valence-electron chi connectivity index (χ4n) is 1.15. The Morgan fingerprint density at radius 1 is 1.54 bits per heavy atom. The van der Waals surface area contributed by atoms with Crippen LogP contribution < -0.4 is 5.32 Å². The maximum Gasteiger partial charge on any atom is 0.307 e. The van der Waals surface area contributed by atoms with Gasteiger partial charge in [-0.1, -0.05) is 0 Å². The minimum Gasteiger partial charge on any atom is -0.481 e. The third-order valence-electron chi connectivity index (χ3n) is 2.01. The second-order valence-electron chi connectivity index (χ2n) is 3.03. The van der Waals surface area contributed by atoms with E-state index in [4.69, 9.17) is 11.5 Å². The van der Waals surface area contributed by atoms with Crippen molar-refractivity contribution in [2.45, 2.75) is 12.8 Å². The predicted octanol–water partition coefficient (Wildman–Crippen LogP) is -0.153. The molecule has 0 unspecified atom stereocenters. The van der Waals surface area contributed by atoms with Crippen LogP contribution in [0, 0.1) is 24.2 Å². The minimum atomic E-state index is -0.892. The Bertz CT molecular complexity index is 267. The van der Waals surface area contributed by atoms with E-state index in [1.807, 2.05) is 0 Å². The van der Waals surface area contributed by atoms with Gasteiger partial charge in [-0.25, -0.2) is 0 Å². The smallest absolute Gasteiger partial charge is 0.307 e. The van der Waals surface area contributed by atoms with Crippen molar-refractivity contribution in [2.24, 2.45) is 11.8 Å². The zero-order chi connectivity index (χ0) is 9.84. The van der Waals surface area contributed by atoms with E-state index in [2.05, 4.69) is 11.2 Å². The lowest BCUT2D eigenvalue weighted by Gasteiger charge is -1.99. The van der Waals surface area contributed by atoms with Gasteiger partial charge >= 0.3 is 5.97 Å². The molecule has 0 aliphatic heterocycles. The number of amides is 1. The number of carbonyl (C=O) groups excluding carboxylic acids is 1. The average Bonchev–Trinajstić information content (AvgIpc) is 2.83. The summed E-state index contributed by atoms with van der Waals surface area (Å²) in [5.41, 5.74) is 0. The molecular formula is C9H11NO3. The van der Waals surface area contributed by atoms with Gasteiger partial charge in [0.2, 0.25) is 5.91 Å². The summed E-state index contributed by atoms with van der Waals surface area (Å²) in [6.07, 6.45) is 5.92. The average molecular weight is 181 g/mol. The van der Waals surface area contributed by atoms with Crippen LogP contribution in [0.15, 0.2) is 0 Å². The monoisotopic (exact) mass is 181 g/mol. The summed E-state index contributed by atoms with van der Waals surface area (Å²) in [4.78, 5) is 21.5. The molecule has 0 aromatic rings. The molecule has 1 saturated carbocycles. The predicted molar refractivity (Wildman–Crippen MR) is 45.7 cm³/mol. The van der Waals surface area contributed by atoms with Crippen LogP contribution in [0.25, 0.3) is 0 Å². The van der Waals surface area contributed by atoms with E-state index in [9.17, 15) is 9.59 Å². The lowest BCUT2D eigenvalue weighted by atomic mass is 10.3. The maximum atomic E-state index is 11.2. The number of hydrogen-bond donors (Lipinski definition) is 2. The number of nitrogens with one attached hydrogen (secondary N) is 1. The van der Waals surface area contributed by atoms with E-state index in [-0.39, 0.29) is 11.8 Å². The van der Waals surface area contributed by atoms with Gasteiger partial charge in [0.1, 0.15) is 0 Å². The number of aliphatic carboxylic acids is 1. The van der Waals surface area contributed by atoms with E-state index in [0.717, 1.165) is 0 Å². The highest BCUT2D eigenvalue weighted by Crippen LogP contribution is 2.38. The second kappa shape index (κ2) is 3.94. The highest BCUT2D eigenvalue weighted by Gasteiger charge is 2.48. The van der Waals surface area contributed by atoms with Crippen LogP contribution in [-0.2, 0) is 9.59 Å². The zero-order valence-electron chi connectivity index (χ0n) is 7.12. The first-order chi connectivity index (χ1) is 6.16.